The molecule has 18 heavy (non-hydrogen) atoms. The number of hydrogen-bond donors (Lipinski definition) is 0. The van der Waals surface area contributed by atoms with Crippen molar-refractivity contribution < 1.29 is 9.53 Å². The molecule has 0 saturated heterocycles. The third kappa shape index (κ3) is 1.92. The maximum Gasteiger partial charge on any atom is 0.170 e. The van der Waals surface area contributed by atoms with Gasteiger partial charge in [-0.2, -0.15) is 0 Å². The number of ether oxygens (including phenoxy) is 1. The molecule has 1 atom stereocenters. The Morgan fingerprint density at radius 3 is 2.61 bits per heavy atom. The molecule has 0 N–H and O–H groups in total. The maximum absolute atomic E-state index is 12.5. The van der Waals surface area contributed by atoms with E-state index in [1.54, 1.807) is 7.11 Å². The van der Waals surface area contributed by atoms with E-state index in [1.807, 2.05) is 13.0 Å². The third-order valence-corrected chi connectivity index (χ3v) is 4.48. The molecule has 98 valence electrons. The zero-order valence-corrected chi connectivity index (χ0v) is 12.3. The topological polar surface area (TPSA) is 26.3 Å². The molecule has 0 aliphatic heterocycles. The highest BCUT2D eigenvalue weighted by molar-refractivity contribution is 6.45. The molecule has 4 heteroatoms. The van der Waals surface area contributed by atoms with Crippen LogP contribution in [-0.4, -0.2) is 12.9 Å². The molecule has 1 aromatic rings. The largest absolute Gasteiger partial charge is 0.495 e. The van der Waals surface area contributed by atoms with Crippen LogP contribution in [0.4, 0.5) is 0 Å². The Hall–Kier alpha value is -0.730. The van der Waals surface area contributed by atoms with Gasteiger partial charge in [0.15, 0.2) is 5.78 Å². The van der Waals surface area contributed by atoms with E-state index < -0.39 is 0 Å². The van der Waals surface area contributed by atoms with Crippen LogP contribution < -0.4 is 4.74 Å². The summed E-state index contributed by atoms with van der Waals surface area (Å²) in [5.41, 5.74) is 1.18. The fourth-order valence-electron chi connectivity index (χ4n) is 2.74. The first kappa shape index (κ1) is 13.7. The molecule has 0 spiro atoms. The number of methoxy groups -OCH3 is 1. The van der Waals surface area contributed by atoms with E-state index in [9.17, 15) is 4.79 Å². The molecular formula is C14H16Cl2O2. The van der Waals surface area contributed by atoms with E-state index in [0.29, 0.717) is 27.8 Å². The third-order valence-electron chi connectivity index (χ3n) is 3.63. The summed E-state index contributed by atoms with van der Waals surface area (Å²) >= 11 is 12.3. The van der Waals surface area contributed by atoms with E-state index in [2.05, 4.69) is 6.92 Å². The van der Waals surface area contributed by atoms with Crippen LogP contribution in [-0.2, 0) is 6.42 Å². The summed E-state index contributed by atoms with van der Waals surface area (Å²) in [6, 6.07) is 1.84. The lowest BCUT2D eigenvalue weighted by atomic mass is 9.82. The lowest BCUT2D eigenvalue weighted by Gasteiger charge is -2.20. The molecule has 0 unspecified atom stereocenters. The number of halogens is 2. The Kier molecular flexibility index (Phi) is 3.61. The van der Waals surface area contributed by atoms with Crippen molar-refractivity contribution >= 4 is 29.0 Å². The van der Waals surface area contributed by atoms with Crippen LogP contribution in [0.1, 0.15) is 42.6 Å². The Morgan fingerprint density at radius 1 is 1.39 bits per heavy atom. The molecule has 0 radical (unpaired) electrons. The van der Waals surface area contributed by atoms with Crippen LogP contribution in [0.5, 0.6) is 5.75 Å². The highest BCUT2D eigenvalue weighted by Crippen LogP contribution is 2.47. The molecule has 0 aromatic heterocycles. The molecule has 1 aliphatic rings. The Balaban J connectivity index is 2.56. The summed E-state index contributed by atoms with van der Waals surface area (Å²) in [4.78, 5) is 12.5. The van der Waals surface area contributed by atoms with Crippen LogP contribution in [0.3, 0.4) is 0 Å². The Labute approximate surface area is 117 Å². The minimum Gasteiger partial charge on any atom is -0.495 e. The fraction of sp³-hybridized carbons (Fsp3) is 0.500. The highest BCUT2D eigenvalue weighted by atomic mass is 35.5. The summed E-state index contributed by atoms with van der Waals surface area (Å²) in [6.45, 7) is 4.08. The predicted molar refractivity (Wildman–Crippen MR) is 74.1 cm³/mol. The van der Waals surface area contributed by atoms with Crippen LogP contribution >= 0.6 is 23.2 Å². The van der Waals surface area contributed by atoms with Crippen molar-refractivity contribution in [2.24, 2.45) is 5.41 Å². The number of ketones is 1. The molecule has 0 amide bonds. The van der Waals surface area contributed by atoms with Gasteiger partial charge in [0.1, 0.15) is 10.8 Å². The average molecular weight is 287 g/mol. The summed E-state index contributed by atoms with van der Waals surface area (Å²) in [5, 5.41) is 0.655. The van der Waals surface area contributed by atoms with Gasteiger partial charge in [0, 0.05) is 11.0 Å². The normalized spacial score (nSPS) is 22.2. The summed E-state index contributed by atoms with van der Waals surface area (Å²) < 4.78 is 5.19. The van der Waals surface area contributed by atoms with Gasteiger partial charge in [0.05, 0.1) is 12.1 Å². The SMILES string of the molecule is CCC[C@]1(C)Cc2cc(OC)c(Cl)c(Cl)c2C1=O. The standard InChI is InChI=1S/C14H16Cl2O2/c1-4-5-14(2)7-8-6-9(18-3)11(15)12(16)10(8)13(14)17/h6H,4-5,7H2,1-3H3/t14-/m1/s1. The first-order chi connectivity index (χ1) is 8.44. The first-order valence-electron chi connectivity index (χ1n) is 6.04. The molecule has 0 heterocycles. The number of benzene rings is 1. The minimum absolute atomic E-state index is 0.105. The molecule has 0 bridgehead atoms. The van der Waals surface area contributed by atoms with Gasteiger partial charge < -0.3 is 4.74 Å². The van der Waals surface area contributed by atoms with E-state index >= 15 is 0 Å². The predicted octanol–water partition coefficient (Wildman–Crippen LogP) is 4.55. The number of hydrogen-bond acceptors (Lipinski definition) is 2. The zero-order valence-electron chi connectivity index (χ0n) is 10.8. The van der Waals surface area contributed by atoms with Crippen LogP contribution in [0, 0.1) is 5.41 Å². The Morgan fingerprint density at radius 2 is 2.06 bits per heavy atom. The first-order valence-corrected chi connectivity index (χ1v) is 6.80. The van der Waals surface area contributed by atoms with Crippen molar-refractivity contribution in [2.45, 2.75) is 33.1 Å². The molecule has 2 nitrogen and oxygen atoms in total. The number of Topliss-reactive ketones (excluding diaryl/α,β-unsaturated/α-hetero) is 1. The van der Waals surface area contributed by atoms with E-state index in [4.69, 9.17) is 27.9 Å². The van der Waals surface area contributed by atoms with Gasteiger partial charge in [-0.1, -0.05) is 43.5 Å². The van der Waals surface area contributed by atoms with Crippen molar-refractivity contribution in [1.29, 1.82) is 0 Å². The molecule has 0 saturated carbocycles. The van der Waals surface area contributed by atoms with Gasteiger partial charge in [-0.05, 0) is 24.5 Å². The van der Waals surface area contributed by atoms with E-state index in [0.717, 1.165) is 18.4 Å². The summed E-state index contributed by atoms with van der Waals surface area (Å²) in [7, 11) is 1.55. The van der Waals surface area contributed by atoms with Gasteiger partial charge in [0.2, 0.25) is 0 Å². The van der Waals surface area contributed by atoms with Gasteiger partial charge in [-0.25, -0.2) is 0 Å². The summed E-state index contributed by atoms with van der Waals surface area (Å²) in [5.74, 6) is 0.642. The van der Waals surface area contributed by atoms with E-state index in [-0.39, 0.29) is 11.2 Å². The van der Waals surface area contributed by atoms with Gasteiger partial charge >= 0.3 is 0 Å². The van der Waals surface area contributed by atoms with Gasteiger partial charge in [-0.3, -0.25) is 4.79 Å². The van der Waals surface area contributed by atoms with Crippen molar-refractivity contribution in [3.8, 4) is 5.75 Å². The molecular weight excluding hydrogens is 271 g/mol. The van der Waals surface area contributed by atoms with E-state index in [1.165, 1.54) is 0 Å². The lowest BCUT2D eigenvalue weighted by Crippen LogP contribution is -2.23. The molecule has 1 aliphatic carbocycles. The van der Waals surface area contributed by atoms with Crippen molar-refractivity contribution in [3.63, 3.8) is 0 Å². The number of carbonyl (C=O) groups excluding carboxylic acids is 1. The molecule has 0 fully saturated rings. The van der Waals surface area contributed by atoms with Crippen LogP contribution in [0.2, 0.25) is 10.0 Å². The fourth-order valence-corrected chi connectivity index (χ4v) is 3.27. The Bertz CT molecular complexity index is 511. The van der Waals surface area contributed by atoms with Crippen molar-refractivity contribution in [3.05, 3.63) is 27.2 Å². The highest BCUT2D eigenvalue weighted by Gasteiger charge is 2.43. The number of carbonyl (C=O) groups is 1. The van der Waals surface area contributed by atoms with Crippen LogP contribution in [0.25, 0.3) is 0 Å². The minimum atomic E-state index is -0.351. The molecule has 2 rings (SSSR count). The second-order valence-electron chi connectivity index (χ2n) is 5.06. The van der Waals surface area contributed by atoms with Crippen LogP contribution in [0.15, 0.2) is 6.07 Å². The smallest absolute Gasteiger partial charge is 0.170 e. The maximum atomic E-state index is 12.5. The van der Waals surface area contributed by atoms with Gasteiger partial charge in [-0.15, -0.1) is 0 Å². The zero-order chi connectivity index (χ0) is 13.5. The summed E-state index contributed by atoms with van der Waals surface area (Å²) in [6.07, 6.45) is 2.54. The average Bonchev–Trinajstić information content (AvgIpc) is 2.57. The number of fused-ring (bicyclic) bond motifs is 1. The van der Waals surface area contributed by atoms with Gasteiger partial charge in [0.25, 0.3) is 0 Å². The quantitative estimate of drug-likeness (QED) is 0.815. The number of rotatable bonds is 3. The monoisotopic (exact) mass is 286 g/mol. The second-order valence-corrected chi connectivity index (χ2v) is 5.81. The van der Waals surface area contributed by atoms with Crippen molar-refractivity contribution in [2.75, 3.05) is 7.11 Å². The lowest BCUT2D eigenvalue weighted by molar-refractivity contribution is 0.0829. The molecule has 1 aromatic carbocycles. The van der Waals surface area contributed by atoms with Crippen molar-refractivity contribution in [1.82, 2.24) is 0 Å². The second kappa shape index (κ2) is 4.75.